The van der Waals surface area contributed by atoms with Gasteiger partial charge in [-0.25, -0.2) is 4.79 Å². The average Bonchev–Trinajstić information content (AvgIpc) is 2.70. The summed E-state index contributed by atoms with van der Waals surface area (Å²) in [5.74, 6) is -1.02. The van der Waals surface area contributed by atoms with Gasteiger partial charge in [-0.15, -0.1) is 6.58 Å². The van der Waals surface area contributed by atoms with Crippen molar-refractivity contribution in [3.8, 4) is 0 Å². The first-order valence-electron chi connectivity index (χ1n) is 11.5. The van der Waals surface area contributed by atoms with Crippen molar-refractivity contribution < 1.29 is 28.5 Å². The van der Waals surface area contributed by atoms with E-state index in [0.717, 1.165) is 6.42 Å². The van der Waals surface area contributed by atoms with Gasteiger partial charge < -0.3 is 28.6 Å². The summed E-state index contributed by atoms with van der Waals surface area (Å²) in [5, 5.41) is 0. The SMILES string of the molecule is C=CC[C@@](C)(OC)[C@H](O[C@@H]1OC(C)CC(N(C)C)C1C)C(C)C1=C(C)C(=O)OC(C)(C)O1. The minimum atomic E-state index is -1.05. The number of nitrogens with zero attached hydrogens (tertiary/aromatic N) is 1. The number of carbonyl (C=O) groups is 1. The van der Waals surface area contributed by atoms with Crippen LogP contribution in [0.1, 0.15) is 61.3 Å². The highest BCUT2D eigenvalue weighted by molar-refractivity contribution is 5.89. The lowest BCUT2D eigenvalue weighted by atomic mass is 9.83. The molecule has 0 bridgehead atoms. The number of esters is 1. The van der Waals surface area contributed by atoms with Crippen LogP contribution in [0.25, 0.3) is 0 Å². The zero-order chi connectivity index (χ0) is 24.4. The number of carbonyl (C=O) groups excluding carboxylic acids is 1. The molecule has 4 unspecified atom stereocenters. The molecule has 0 aliphatic carbocycles. The van der Waals surface area contributed by atoms with E-state index in [4.69, 9.17) is 23.7 Å². The van der Waals surface area contributed by atoms with Gasteiger partial charge in [0.05, 0.1) is 23.4 Å². The summed E-state index contributed by atoms with van der Waals surface area (Å²) < 4.78 is 30.5. The largest absolute Gasteiger partial charge is 0.456 e. The van der Waals surface area contributed by atoms with E-state index in [1.807, 2.05) is 19.9 Å². The molecule has 2 rings (SSSR count). The highest BCUT2D eigenvalue weighted by Gasteiger charge is 2.47. The number of methoxy groups -OCH3 is 1. The number of ether oxygens (including phenoxy) is 5. The predicted octanol–water partition coefficient (Wildman–Crippen LogP) is 4.27. The Morgan fingerprint density at radius 2 is 1.94 bits per heavy atom. The third kappa shape index (κ3) is 5.74. The fraction of sp³-hybridized carbons (Fsp3) is 0.800. The summed E-state index contributed by atoms with van der Waals surface area (Å²) in [6.45, 7) is 17.3. The molecule has 2 heterocycles. The van der Waals surface area contributed by atoms with Gasteiger partial charge in [-0.05, 0) is 47.7 Å². The van der Waals surface area contributed by atoms with Crippen molar-refractivity contribution in [3.63, 3.8) is 0 Å². The molecular formula is C25H43NO6. The van der Waals surface area contributed by atoms with Gasteiger partial charge >= 0.3 is 5.97 Å². The van der Waals surface area contributed by atoms with Crippen molar-refractivity contribution in [2.45, 2.75) is 97.2 Å². The quantitative estimate of drug-likeness (QED) is 0.381. The maximum Gasteiger partial charge on any atom is 0.340 e. The van der Waals surface area contributed by atoms with E-state index in [1.165, 1.54) is 0 Å². The molecule has 0 spiro atoms. The first-order chi connectivity index (χ1) is 14.8. The van der Waals surface area contributed by atoms with Crippen molar-refractivity contribution in [2.24, 2.45) is 11.8 Å². The van der Waals surface area contributed by atoms with Crippen LogP contribution in [0.2, 0.25) is 0 Å². The molecular weight excluding hydrogens is 410 g/mol. The normalized spacial score (nSPS) is 32.0. The fourth-order valence-corrected chi connectivity index (χ4v) is 4.85. The summed E-state index contributed by atoms with van der Waals surface area (Å²) >= 11 is 0. The lowest BCUT2D eigenvalue weighted by Gasteiger charge is -2.47. The van der Waals surface area contributed by atoms with E-state index in [0.29, 0.717) is 23.8 Å². The van der Waals surface area contributed by atoms with Gasteiger partial charge in [0.1, 0.15) is 5.76 Å². The molecule has 184 valence electrons. The van der Waals surface area contributed by atoms with Crippen LogP contribution >= 0.6 is 0 Å². The summed E-state index contributed by atoms with van der Waals surface area (Å²) in [6.07, 6.45) is 2.50. The molecule has 7 heteroatoms. The van der Waals surface area contributed by atoms with E-state index in [2.05, 4.69) is 39.4 Å². The number of rotatable bonds is 9. The second kappa shape index (κ2) is 10.2. The van der Waals surface area contributed by atoms with Crippen LogP contribution in [0, 0.1) is 11.8 Å². The number of hydrogen-bond donors (Lipinski definition) is 0. The molecule has 7 atom stereocenters. The Kier molecular flexibility index (Phi) is 8.59. The maximum atomic E-state index is 12.5. The molecule has 7 nitrogen and oxygen atoms in total. The van der Waals surface area contributed by atoms with Gasteiger partial charge in [-0.1, -0.05) is 19.9 Å². The van der Waals surface area contributed by atoms with Crippen LogP contribution in [-0.2, 0) is 28.5 Å². The second-order valence-electron chi connectivity index (χ2n) is 10.2. The zero-order valence-electron chi connectivity index (χ0n) is 21.6. The summed E-state index contributed by atoms with van der Waals surface area (Å²) in [4.78, 5) is 14.7. The predicted molar refractivity (Wildman–Crippen MR) is 124 cm³/mol. The lowest BCUT2D eigenvalue weighted by Crippen LogP contribution is -2.55. The van der Waals surface area contributed by atoms with Crippen molar-refractivity contribution in [2.75, 3.05) is 21.2 Å². The molecule has 0 saturated carbocycles. The van der Waals surface area contributed by atoms with Gasteiger partial charge in [0.2, 0.25) is 5.79 Å². The van der Waals surface area contributed by atoms with Crippen molar-refractivity contribution in [3.05, 3.63) is 24.0 Å². The third-order valence-corrected chi connectivity index (χ3v) is 6.78. The Morgan fingerprint density at radius 3 is 2.47 bits per heavy atom. The monoisotopic (exact) mass is 453 g/mol. The maximum absolute atomic E-state index is 12.5. The summed E-state index contributed by atoms with van der Waals surface area (Å²) in [6, 6.07) is 0.328. The first-order valence-corrected chi connectivity index (χ1v) is 11.5. The highest BCUT2D eigenvalue weighted by atomic mass is 16.7. The topological polar surface area (TPSA) is 66.5 Å². The molecule has 32 heavy (non-hydrogen) atoms. The average molecular weight is 454 g/mol. The molecule has 0 radical (unpaired) electrons. The Balaban J connectivity index is 2.46. The molecule has 1 fully saturated rings. The van der Waals surface area contributed by atoms with E-state index < -0.39 is 23.8 Å². The Morgan fingerprint density at radius 1 is 1.31 bits per heavy atom. The van der Waals surface area contributed by atoms with Crippen LogP contribution in [0.5, 0.6) is 0 Å². The Bertz CT molecular complexity index is 717. The molecule has 0 N–H and O–H groups in total. The highest BCUT2D eigenvalue weighted by Crippen LogP contribution is 2.40. The van der Waals surface area contributed by atoms with Gasteiger partial charge in [-0.3, -0.25) is 0 Å². The van der Waals surface area contributed by atoms with Crippen molar-refractivity contribution >= 4 is 5.97 Å². The molecule has 2 aliphatic rings. The van der Waals surface area contributed by atoms with Crippen molar-refractivity contribution in [1.29, 1.82) is 0 Å². The fourth-order valence-electron chi connectivity index (χ4n) is 4.85. The molecule has 1 saturated heterocycles. The molecule has 2 aliphatic heterocycles. The van der Waals surface area contributed by atoms with E-state index >= 15 is 0 Å². The first kappa shape index (κ1) is 26.8. The lowest BCUT2D eigenvalue weighted by molar-refractivity contribution is -0.283. The van der Waals surface area contributed by atoms with E-state index in [9.17, 15) is 4.79 Å². The van der Waals surface area contributed by atoms with E-state index in [-0.39, 0.29) is 23.9 Å². The zero-order valence-corrected chi connectivity index (χ0v) is 21.6. The van der Waals surface area contributed by atoms with Gasteiger partial charge in [0.15, 0.2) is 6.29 Å². The van der Waals surface area contributed by atoms with Crippen LogP contribution < -0.4 is 0 Å². The van der Waals surface area contributed by atoms with Gasteiger partial charge in [0.25, 0.3) is 0 Å². The standard InChI is InChI=1S/C25H43NO6/c1-12-13-25(8,28-11)21(17(4)20-18(5)22(27)32-24(6,7)31-20)30-23-16(3)19(26(9)10)14-15(2)29-23/h12,15-17,19,21,23H,1,13-14H2,2-11H3/t15?,16?,17?,19?,21-,23+,25-/m1/s1. The molecule has 0 amide bonds. The molecule has 0 aromatic heterocycles. The Hall–Kier alpha value is -1.41. The third-order valence-electron chi connectivity index (χ3n) is 6.78. The minimum Gasteiger partial charge on any atom is -0.456 e. The van der Waals surface area contributed by atoms with Crippen LogP contribution in [0.3, 0.4) is 0 Å². The molecule has 0 aromatic rings. The second-order valence-corrected chi connectivity index (χ2v) is 10.2. The Labute approximate surface area is 194 Å². The minimum absolute atomic E-state index is 0.0635. The number of cyclic esters (lactones) is 1. The van der Waals surface area contributed by atoms with E-state index in [1.54, 1.807) is 27.9 Å². The summed E-state index contributed by atoms with van der Waals surface area (Å²) in [7, 11) is 5.85. The van der Waals surface area contributed by atoms with Crippen LogP contribution in [-0.4, -0.2) is 68.0 Å². The van der Waals surface area contributed by atoms with Gasteiger partial charge in [0, 0.05) is 38.8 Å². The van der Waals surface area contributed by atoms with Crippen LogP contribution in [0.4, 0.5) is 0 Å². The smallest absolute Gasteiger partial charge is 0.340 e. The van der Waals surface area contributed by atoms with Crippen LogP contribution in [0.15, 0.2) is 24.0 Å². The van der Waals surface area contributed by atoms with Crippen molar-refractivity contribution in [1.82, 2.24) is 4.90 Å². The molecule has 0 aromatic carbocycles. The van der Waals surface area contributed by atoms with Gasteiger partial charge in [-0.2, -0.15) is 0 Å². The summed E-state index contributed by atoms with van der Waals surface area (Å²) in [5.41, 5.74) is -0.264. The number of hydrogen-bond acceptors (Lipinski definition) is 7.